The summed E-state index contributed by atoms with van der Waals surface area (Å²) in [6.45, 7) is 6.20. The highest BCUT2D eigenvalue weighted by Crippen LogP contribution is 2.40. The zero-order chi connectivity index (χ0) is 17.3. The fourth-order valence-corrected chi connectivity index (χ4v) is 3.12. The van der Waals surface area contributed by atoms with Gasteiger partial charge in [0.05, 0.1) is 6.61 Å². The lowest BCUT2D eigenvalue weighted by Crippen LogP contribution is -2.06. The van der Waals surface area contributed by atoms with Crippen molar-refractivity contribution in [3.8, 4) is 5.75 Å². The Morgan fingerprint density at radius 3 is 2.71 bits per heavy atom. The van der Waals surface area contributed by atoms with Gasteiger partial charge in [0.25, 0.3) is 0 Å². The SMILES string of the molecule is CCOC(=O)CCc1c(O)c(C(C)C)cc2oc3ccccc3c12. The summed E-state index contributed by atoms with van der Waals surface area (Å²) >= 11 is 0. The highest BCUT2D eigenvalue weighted by Gasteiger charge is 2.20. The van der Waals surface area contributed by atoms with Gasteiger partial charge in [-0.05, 0) is 31.4 Å². The summed E-state index contributed by atoms with van der Waals surface area (Å²) in [4.78, 5) is 11.8. The van der Waals surface area contributed by atoms with Crippen molar-refractivity contribution in [3.05, 3.63) is 41.5 Å². The number of para-hydroxylation sites is 1. The average Bonchev–Trinajstić information content (AvgIpc) is 2.92. The van der Waals surface area contributed by atoms with Gasteiger partial charge in [-0.2, -0.15) is 0 Å². The van der Waals surface area contributed by atoms with Gasteiger partial charge in [-0.1, -0.05) is 32.0 Å². The predicted molar refractivity (Wildman–Crippen MR) is 94.4 cm³/mol. The molecule has 0 fully saturated rings. The van der Waals surface area contributed by atoms with Crippen LogP contribution in [0.15, 0.2) is 34.7 Å². The normalized spacial score (nSPS) is 11.5. The average molecular weight is 326 g/mol. The largest absolute Gasteiger partial charge is 0.507 e. The number of aryl methyl sites for hydroxylation is 1. The Morgan fingerprint density at radius 1 is 1.25 bits per heavy atom. The maximum absolute atomic E-state index is 11.8. The molecule has 4 nitrogen and oxygen atoms in total. The fraction of sp³-hybridized carbons (Fsp3) is 0.350. The molecule has 3 aromatic rings. The number of aromatic hydroxyl groups is 1. The maximum Gasteiger partial charge on any atom is 0.306 e. The minimum absolute atomic E-state index is 0.156. The van der Waals surface area contributed by atoms with E-state index in [2.05, 4.69) is 0 Å². The lowest BCUT2D eigenvalue weighted by molar-refractivity contribution is -0.143. The predicted octanol–water partition coefficient (Wildman–Crippen LogP) is 4.91. The Bertz CT molecular complexity index is 889. The monoisotopic (exact) mass is 326 g/mol. The molecule has 0 aliphatic carbocycles. The standard InChI is InChI=1S/C20H22O4/c1-4-23-18(21)10-9-14-19-13-7-5-6-8-16(13)24-17(19)11-15(12(2)3)20(14)22/h5-8,11-12,22H,4,9-10H2,1-3H3. The number of hydrogen-bond donors (Lipinski definition) is 1. The number of carbonyl (C=O) groups excluding carboxylic acids is 1. The van der Waals surface area contributed by atoms with Crippen LogP contribution < -0.4 is 0 Å². The first-order valence-electron chi connectivity index (χ1n) is 8.34. The molecule has 4 heteroatoms. The molecule has 0 unspecified atom stereocenters. The van der Waals surface area contributed by atoms with Gasteiger partial charge in [0.15, 0.2) is 0 Å². The lowest BCUT2D eigenvalue weighted by atomic mass is 9.93. The topological polar surface area (TPSA) is 59.7 Å². The van der Waals surface area contributed by atoms with E-state index in [-0.39, 0.29) is 24.1 Å². The molecule has 1 aromatic heterocycles. The zero-order valence-electron chi connectivity index (χ0n) is 14.3. The number of furan rings is 1. The lowest BCUT2D eigenvalue weighted by Gasteiger charge is -2.14. The molecule has 0 amide bonds. The van der Waals surface area contributed by atoms with Gasteiger partial charge < -0.3 is 14.3 Å². The van der Waals surface area contributed by atoms with Gasteiger partial charge in [0.1, 0.15) is 16.9 Å². The molecule has 3 rings (SSSR count). The Morgan fingerprint density at radius 2 is 2.00 bits per heavy atom. The number of benzene rings is 2. The van der Waals surface area contributed by atoms with Crippen LogP contribution in [-0.4, -0.2) is 17.7 Å². The number of hydrogen-bond acceptors (Lipinski definition) is 4. The zero-order valence-corrected chi connectivity index (χ0v) is 14.3. The Labute approximate surface area is 141 Å². The second-order valence-electron chi connectivity index (χ2n) is 6.22. The molecule has 2 aromatic carbocycles. The van der Waals surface area contributed by atoms with Crippen molar-refractivity contribution in [2.75, 3.05) is 6.61 Å². The molecule has 1 N–H and O–H groups in total. The number of ether oxygens (including phenoxy) is 1. The van der Waals surface area contributed by atoms with Crippen molar-refractivity contribution in [2.24, 2.45) is 0 Å². The third-order valence-electron chi connectivity index (χ3n) is 4.28. The summed E-state index contributed by atoms with van der Waals surface area (Å²) < 4.78 is 11.0. The number of carbonyl (C=O) groups is 1. The molecule has 0 radical (unpaired) electrons. The van der Waals surface area contributed by atoms with Crippen LogP contribution in [0.2, 0.25) is 0 Å². The van der Waals surface area contributed by atoms with Crippen LogP contribution >= 0.6 is 0 Å². The minimum Gasteiger partial charge on any atom is -0.507 e. The van der Waals surface area contributed by atoms with Crippen LogP contribution in [0.25, 0.3) is 21.9 Å². The Kier molecular flexibility index (Phi) is 4.47. The summed E-state index contributed by atoms with van der Waals surface area (Å²) in [6, 6.07) is 9.66. The molecule has 0 aliphatic heterocycles. The molecule has 0 spiro atoms. The van der Waals surface area contributed by atoms with E-state index in [4.69, 9.17) is 9.15 Å². The summed E-state index contributed by atoms with van der Waals surface area (Å²) in [5, 5.41) is 12.6. The molecule has 0 saturated heterocycles. The number of fused-ring (bicyclic) bond motifs is 3. The van der Waals surface area contributed by atoms with E-state index in [0.29, 0.717) is 13.0 Å². The van der Waals surface area contributed by atoms with E-state index in [1.54, 1.807) is 6.92 Å². The maximum atomic E-state index is 11.8. The van der Waals surface area contributed by atoms with Gasteiger partial charge in [-0.15, -0.1) is 0 Å². The Hall–Kier alpha value is -2.49. The molecule has 0 atom stereocenters. The number of phenols is 1. The molecular weight excluding hydrogens is 304 g/mol. The van der Waals surface area contributed by atoms with Crippen molar-refractivity contribution < 1.29 is 19.1 Å². The Balaban J connectivity index is 2.18. The first-order valence-corrected chi connectivity index (χ1v) is 8.34. The van der Waals surface area contributed by atoms with Crippen molar-refractivity contribution in [3.63, 3.8) is 0 Å². The number of rotatable bonds is 5. The second-order valence-corrected chi connectivity index (χ2v) is 6.22. The molecule has 0 bridgehead atoms. The third kappa shape index (κ3) is 2.84. The van der Waals surface area contributed by atoms with Crippen LogP contribution in [0.3, 0.4) is 0 Å². The quantitative estimate of drug-likeness (QED) is 0.677. The highest BCUT2D eigenvalue weighted by atomic mass is 16.5. The van der Waals surface area contributed by atoms with Gasteiger partial charge >= 0.3 is 5.97 Å². The van der Waals surface area contributed by atoms with Crippen molar-refractivity contribution in [1.29, 1.82) is 0 Å². The van der Waals surface area contributed by atoms with Gasteiger partial charge in [0, 0.05) is 28.3 Å². The smallest absolute Gasteiger partial charge is 0.306 e. The van der Waals surface area contributed by atoms with E-state index in [1.807, 2.05) is 44.2 Å². The van der Waals surface area contributed by atoms with E-state index in [1.165, 1.54) is 0 Å². The van der Waals surface area contributed by atoms with E-state index < -0.39 is 0 Å². The summed E-state index contributed by atoms with van der Waals surface area (Å²) in [5.41, 5.74) is 3.12. The molecule has 0 aliphatic rings. The molecular formula is C20H22O4. The van der Waals surface area contributed by atoms with Gasteiger partial charge in [-0.3, -0.25) is 4.79 Å². The van der Waals surface area contributed by atoms with Crippen LogP contribution in [-0.2, 0) is 16.0 Å². The summed E-state index contributed by atoms with van der Waals surface area (Å²) in [5.74, 6) is 0.158. The van der Waals surface area contributed by atoms with Crippen molar-refractivity contribution in [2.45, 2.75) is 39.5 Å². The van der Waals surface area contributed by atoms with E-state index >= 15 is 0 Å². The summed E-state index contributed by atoms with van der Waals surface area (Å²) in [7, 11) is 0. The first-order chi connectivity index (χ1) is 11.5. The second kappa shape index (κ2) is 6.56. The number of esters is 1. The third-order valence-corrected chi connectivity index (χ3v) is 4.28. The van der Waals surface area contributed by atoms with E-state index in [9.17, 15) is 9.90 Å². The highest BCUT2D eigenvalue weighted by molar-refractivity contribution is 6.08. The molecule has 24 heavy (non-hydrogen) atoms. The molecule has 0 saturated carbocycles. The van der Waals surface area contributed by atoms with Gasteiger partial charge in [-0.25, -0.2) is 0 Å². The van der Waals surface area contributed by atoms with Crippen LogP contribution in [0, 0.1) is 0 Å². The van der Waals surface area contributed by atoms with Gasteiger partial charge in [0.2, 0.25) is 0 Å². The molecule has 126 valence electrons. The minimum atomic E-state index is -0.257. The van der Waals surface area contributed by atoms with Crippen molar-refractivity contribution >= 4 is 27.9 Å². The van der Waals surface area contributed by atoms with Crippen molar-refractivity contribution in [1.82, 2.24) is 0 Å². The van der Waals surface area contributed by atoms with Crippen LogP contribution in [0.4, 0.5) is 0 Å². The van der Waals surface area contributed by atoms with E-state index in [0.717, 1.165) is 33.1 Å². The van der Waals surface area contributed by atoms with Crippen LogP contribution in [0.5, 0.6) is 5.75 Å². The fourth-order valence-electron chi connectivity index (χ4n) is 3.12. The van der Waals surface area contributed by atoms with Crippen LogP contribution in [0.1, 0.15) is 44.2 Å². The number of phenolic OH excluding ortho intramolecular Hbond substituents is 1. The summed E-state index contributed by atoms with van der Waals surface area (Å²) in [6.07, 6.45) is 0.656. The first kappa shape index (κ1) is 16.4. The molecule has 1 heterocycles.